The number of halogens is 6. The number of alkyl halides is 6. The largest absolute Gasteiger partial charge is 0.491 e. The van der Waals surface area contributed by atoms with Gasteiger partial charge in [0, 0.05) is 29.9 Å². The zero-order valence-corrected chi connectivity index (χ0v) is 16.2. The molecule has 1 atom stereocenters. The summed E-state index contributed by atoms with van der Waals surface area (Å²) in [6, 6.07) is 0.474. The molecule has 2 aromatic heterocycles. The molecule has 0 amide bonds. The summed E-state index contributed by atoms with van der Waals surface area (Å²) in [6.07, 6.45) is -9.17. The van der Waals surface area contributed by atoms with E-state index in [1.165, 1.54) is 6.07 Å². The van der Waals surface area contributed by atoms with E-state index in [9.17, 15) is 31.1 Å². The van der Waals surface area contributed by atoms with Gasteiger partial charge in [-0.05, 0) is 25.5 Å². The van der Waals surface area contributed by atoms with E-state index in [4.69, 9.17) is 0 Å². The molecule has 0 aromatic carbocycles. The number of nitrogens with zero attached hydrogens (tertiary/aromatic N) is 3. The van der Waals surface area contributed by atoms with Crippen LogP contribution in [0.3, 0.4) is 0 Å². The normalized spacial score (nSPS) is 22.4. The summed E-state index contributed by atoms with van der Waals surface area (Å²) in [5, 5.41) is 3.57. The van der Waals surface area contributed by atoms with E-state index in [1.807, 2.05) is 4.90 Å². The van der Waals surface area contributed by atoms with Crippen LogP contribution >= 0.6 is 11.3 Å². The first-order valence-electron chi connectivity index (χ1n) is 9.06. The Morgan fingerprint density at radius 1 is 1.23 bits per heavy atom. The van der Waals surface area contributed by atoms with Crippen LogP contribution in [0.5, 0.6) is 6.01 Å². The van der Waals surface area contributed by atoms with E-state index in [0.29, 0.717) is 29.8 Å². The average Bonchev–Trinajstić information content (AvgIpc) is 3.33. The van der Waals surface area contributed by atoms with Crippen LogP contribution in [0.4, 0.5) is 32.2 Å². The number of anilines is 1. The third-order valence-electron chi connectivity index (χ3n) is 5.26. The Morgan fingerprint density at radius 3 is 2.63 bits per heavy atom. The molecule has 164 valence electrons. The number of ether oxygens (including phenoxy) is 1. The fourth-order valence-corrected chi connectivity index (χ4v) is 4.95. The van der Waals surface area contributed by atoms with Crippen molar-refractivity contribution in [3.05, 3.63) is 10.9 Å². The first-order chi connectivity index (χ1) is 13.9. The quantitative estimate of drug-likeness (QED) is 0.566. The molecule has 0 aliphatic carbocycles. The van der Waals surface area contributed by atoms with Gasteiger partial charge in [0.25, 0.3) is 0 Å². The van der Waals surface area contributed by atoms with Crippen molar-refractivity contribution in [1.82, 2.24) is 15.3 Å². The van der Waals surface area contributed by atoms with Crippen molar-refractivity contribution in [2.45, 2.75) is 31.6 Å². The standard InChI is InChI=1S/C17H16F6N4O2S/c18-16(19,20)6-9-5-10-11(27-4-2-15(8-27)1-3-24-7-15)25-14(26-12(10)30-9)29-13(28)17(21,22)23/h5,24H,1-4,6-8H2. The Bertz CT molecular complexity index is 968. The molecule has 0 radical (unpaired) electrons. The zero-order chi connectivity index (χ0) is 21.7. The number of esters is 1. The number of thiophene rings is 1. The topological polar surface area (TPSA) is 67.3 Å². The van der Waals surface area contributed by atoms with Crippen molar-refractivity contribution < 1.29 is 35.9 Å². The van der Waals surface area contributed by atoms with Gasteiger partial charge < -0.3 is 15.0 Å². The zero-order valence-electron chi connectivity index (χ0n) is 15.4. The van der Waals surface area contributed by atoms with E-state index in [1.54, 1.807) is 0 Å². The molecular formula is C17H16F6N4O2S. The second-order valence-corrected chi connectivity index (χ2v) is 8.65. The Labute approximate surface area is 170 Å². The average molecular weight is 454 g/mol. The molecule has 0 saturated carbocycles. The second kappa shape index (κ2) is 7.22. The number of hydrogen-bond acceptors (Lipinski definition) is 7. The summed E-state index contributed by atoms with van der Waals surface area (Å²) >= 11 is 0.687. The molecule has 1 spiro atoms. The lowest BCUT2D eigenvalue weighted by Crippen LogP contribution is -2.30. The predicted octanol–water partition coefficient (Wildman–Crippen LogP) is 3.45. The number of aromatic nitrogens is 2. The molecule has 2 aromatic rings. The maximum atomic E-state index is 12.8. The molecule has 0 bridgehead atoms. The number of carbonyl (C=O) groups is 1. The molecule has 2 fully saturated rings. The van der Waals surface area contributed by atoms with Gasteiger partial charge in [-0.15, -0.1) is 11.3 Å². The van der Waals surface area contributed by atoms with Crippen LogP contribution in [0, 0.1) is 5.41 Å². The minimum Gasteiger partial charge on any atom is -0.384 e. The van der Waals surface area contributed by atoms with Gasteiger partial charge in [0.05, 0.1) is 11.8 Å². The van der Waals surface area contributed by atoms with E-state index >= 15 is 0 Å². The summed E-state index contributed by atoms with van der Waals surface area (Å²) in [5.41, 5.74) is -0.0229. The summed E-state index contributed by atoms with van der Waals surface area (Å²) in [5.74, 6) is -2.31. The first kappa shape index (κ1) is 21.1. The van der Waals surface area contributed by atoms with Crippen molar-refractivity contribution >= 4 is 33.3 Å². The monoisotopic (exact) mass is 454 g/mol. The maximum Gasteiger partial charge on any atom is 0.491 e. The molecule has 6 nitrogen and oxygen atoms in total. The SMILES string of the molecule is O=C(Oc1nc(N2CCC3(CCNC3)C2)c2cc(CC(F)(F)F)sc2n1)C(F)(F)F. The van der Waals surface area contributed by atoms with Crippen LogP contribution in [-0.4, -0.2) is 54.5 Å². The van der Waals surface area contributed by atoms with E-state index in [0.717, 1.165) is 25.9 Å². The number of rotatable bonds is 3. The van der Waals surface area contributed by atoms with Crippen molar-refractivity contribution in [1.29, 1.82) is 0 Å². The summed E-state index contributed by atoms with van der Waals surface area (Å²) in [4.78, 5) is 20.7. The Balaban J connectivity index is 1.72. The summed E-state index contributed by atoms with van der Waals surface area (Å²) in [6.45, 7) is 2.69. The number of fused-ring (bicyclic) bond motifs is 1. The van der Waals surface area contributed by atoms with Crippen LogP contribution in [0.25, 0.3) is 10.2 Å². The van der Waals surface area contributed by atoms with Crippen molar-refractivity contribution in [3.63, 3.8) is 0 Å². The van der Waals surface area contributed by atoms with Gasteiger partial charge in [-0.2, -0.15) is 36.3 Å². The molecule has 30 heavy (non-hydrogen) atoms. The molecule has 2 aliphatic heterocycles. The predicted molar refractivity (Wildman–Crippen MR) is 95.6 cm³/mol. The van der Waals surface area contributed by atoms with Crippen LogP contribution in [0.1, 0.15) is 17.7 Å². The van der Waals surface area contributed by atoms with E-state index in [-0.39, 0.29) is 20.9 Å². The van der Waals surface area contributed by atoms with E-state index in [2.05, 4.69) is 20.0 Å². The van der Waals surface area contributed by atoms with Crippen LogP contribution in [0.15, 0.2) is 6.07 Å². The Kier molecular flexibility index (Phi) is 5.08. The minimum absolute atomic E-state index is 0.0229. The van der Waals surface area contributed by atoms with Crippen molar-refractivity contribution in [2.75, 3.05) is 31.1 Å². The smallest absolute Gasteiger partial charge is 0.384 e. The van der Waals surface area contributed by atoms with Gasteiger partial charge >= 0.3 is 24.3 Å². The molecular weight excluding hydrogens is 438 g/mol. The third-order valence-corrected chi connectivity index (χ3v) is 6.29. The minimum atomic E-state index is -5.25. The van der Waals surface area contributed by atoms with Gasteiger partial charge in [-0.3, -0.25) is 0 Å². The van der Waals surface area contributed by atoms with Crippen molar-refractivity contribution in [2.24, 2.45) is 5.41 Å². The highest BCUT2D eigenvalue weighted by Crippen LogP contribution is 2.41. The third kappa shape index (κ3) is 4.31. The number of hydrogen-bond donors (Lipinski definition) is 1. The Morgan fingerprint density at radius 2 is 2.00 bits per heavy atom. The Hall–Kier alpha value is -2.15. The van der Waals surface area contributed by atoms with E-state index < -0.39 is 30.8 Å². The highest BCUT2D eigenvalue weighted by molar-refractivity contribution is 7.18. The van der Waals surface area contributed by atoms with Crippen molar-refractivity contribution in [3.8, 4) is 6.01 Å². The molecule has 4 heterocycles. The summed E-state index contributed by atoms with van der Waals surface area (Å²) in [7, 11) is 0. The summed E-state index contributed by atoms with van der Waals surface area (Å²) < 4.78 is 80.4. The van der Waals surface area contributed by atoms with Gasteiger partial charge in [0.15, 0.2) is 0 Å². The van der Waals surface area contributed by atoms with Gasteiger partial charge in [-0.1, -0.05) is 0 Å². The molecule has 13 heteroatoms. The molecule has 2 saturated heterocycles. The molecule has 1 unspecified atom stereocenters. The highest BCUT2D eigenvalue weighted by Gasteiger charge is 2.43. The molecule has 1 N–H and O–H groups in total. The number of nitrogens with one attached hydrogen (secondary N) is 1. The van der Waals surface area contributed by atoms with Gasteiger partial charge in [0.1, 0.15) is 10.6 Å². The fraction of sp³-hybridized carbons (Fsp3) is 0.588. The molecule has 4 rings (SSSR count). The number of carbonyl (C=O) groups excluding carboxylic acids is 1. The van der Waals surface area contributed by atoms with Crippen LogP contribution in [-0.2, 0) is 11.2 Å². The van der Waals surface area contributed by atoms with Gasteiger partial charge in [0.2, 0.25) is 0 Å². The van der Waals surface area contributed by atoms with Crippen LogP contribution < -0.4 is 15.0 Å². The lowest BCUT2D eigenvalue weighted by atomic mass is 9.87. The lowest BCUT2D eigenvalue weighted by Gasteiger charge is -2.23. The lowest BCUT2D eigenvalue weighted by molar-refractivity contribution is -0.190. The fourth-order valence-electron chi connectivity index (χ4n) is 3.91. The second-order valence-electron chi connectivity index (χ2n) is 7.54. The highest BCUT2D eigenvalue weighted by atomic mass is 32.1. The van der Waals surface area contributed by atoms with Crippen LogP contribution in [0.2, 0.25) is 0 Å². The first-order valence-corrected chi connectivity index (χ1v) is 9.88. The molecule has 2 aliphatic rings. The van der Waals surface area contributed by atoms with Gasteiger partial charge in [-0.25, -0.2) is 4.79 Å². The maximum absolute atomic E-state index is 12.8.